The zero-order chi connectivity index (χ0) is 14.8. The van der Waals surface area contributed by atoms with Crippen molar-refractivity contribution in [2.45, 2.75) is 9.79 Å². The highest BCUT2D eigenvalue weighted by molar-refractivity contribution is 7.98. The van der Waals surface area contributed by atoms with Crippen LogP contribution in [0.3, 0.4) is 0 Å². The first-order chi connectivity index (χ1) is 9.44. The molecule has 0 saturated carbocycles. The average Bonchev–Trinajstić information content (AvgIpc) is 2.37. The Kier molecular flexibility index (Phi) is 4.29. The lowest BCUT2D eigenvalue weighted by Crippen LogP contribution is -2.16. The molecule has 0 radical (unpaired) electrons. The summed E-state index contributed by atoms with van der Waals surface area (Å²) in [7, 11) is -4.31. The monoisotopic (exact) mass is 315 g/mol. The Bertz CT molecular complexity index is 713. The highest BCUT2D eigenvalue weighted by Crippen LogP contribution is 2.24. The van der Waals surface area contributed by atoms with Gasteiger partial charge in [-0.1, -0.05) is 12.1 Å². The quantitative estimate of drug-likeness (QED) is 0.879. The lowest BCUT2D eigenvalue weighted by atomic mass is 10.3. The maximum absolute atomic E-state index is 13.5. The highest BCUT2D eigenvalue weighted by atomic mass is 32.2. The van der Waals surface area contributed by atoms with E-state index in [0.29, 0.717) is 0 Å². The van der Waals surface area contributed by atoms with Crippen molar-refractivity contribution in [2.24, 2.45) is 0 Å². The van der Waals surface area contributed by atoms with Crippen LogP contribution in [0.4, 0.5) is 14.5 Å². The third kappa shape index (κ3) is 3.10. The number of nitrogens with one attached hydrogen (secondary N) is 1. The van der Waals surface area contributed by atoms with Gasteiger partial charge in [-0.15, -0.1) is 11.8 Å². The Morgan fingerprint density at radius 3 is 2.25 bits per heavy atom. The fourth-order valence-corrected chi connectivity index (χ4v) is 3.28. The summed E-state index contributed by atoms with van der Waals surface area (Å²) in [5, 5.41) is 0. The van der Waals surface area contributed by atoms with E-state index in [1.807, 2.05) is 6.26 Å². The van der Waals surface area contributed by atoms with Crippen molar-refractivity contribution in [1.82, 2.24) is 0 Å². The molecule has 0 aromatic heterocycles. The number of anilines is 1. The summed E-state index contributed by atoms with van der Waals surface area (Å²) in [6, 6.07) is 9.45. The molecule has 0 heterocycles. The summed E-state index contributed by atoms with van der Waals surface area (Å²) in [5.74, 6) is -2.25. The molecule has 0 aliphatic rings. The van der Waals surface area contributed by atoms with Crippen LogP contribution in [-0.2, 0) is 10.0 Å². The van der Waals surface area contributed by atoms with E-state index in [2.05, 4.69) is 4.72 Å². The molecular weight excluding hydrogens is 304 g/mol. The predicted molar refractivity (Wildman–Crippen MR) is 75.4 cm³/mol. The highest BCUT2D eigenvalue weighted by Gasteiger charge is 2.23. The van der Waals surface area contributed by atoms with E-state index in [-0.39, 0.29) is 5.69 Å². The van der Waals surface area contributed by atoms with Crippen LogP contribution in [0.2, 0.25) is 0 Å². The van der Waals surface area contributed by atoms with Crippen LogP contribution < -0.4 is 4.72 Å². The van der Waals surface area contributed by atoms with Crippen LogP contribution in [0, 0.1) is 11.6 Å². The van der Waals surface area contributed by atoms with Gasteiger partial charge in [-0.2, -0.15) is 0 Å². The first-order valence-electron chi connectivity index (χ1n) is 5.55. The van der Waals surface area contributed by atoms with Crippen LogP contribution >= 0.6 is 11.8 Å². The van der Waals surface area contributed by atoms with E-state index in [1.54, 1.807) is 18.2 Å². The Morgan fingerprint density at radius 1 is 1.05 bits per heavy atom. The molecule has 0 aliphatic carbocycles. The van der Waals surface area contributed by atoms with Crippen LogP contribution in [0.15, 0.2) is 52.3 Å². The van der Waals surface area contributed by atoms with Crippen molar-refractivity contribution in [2.75, 3.05) is 11.0 Å². The van der Waals surface area contributed by atoms with E-state index >= 15 is 0 Å². The molecule has 0 fully saturated rings. The standard InChI is InChI=1S/C13H11F2NO2S2/c1-19-10-5-2-4-9(8-10)16-20(17,18)13-11(14)6-3-7-12(13)15/h2-8,16H,1H3. The number of hydrogen-bond acceptors (Lipinski definition) is 3. The number of hydrogen-bond donors (Lipinski definition) is 1. The molecule has 0 aliphatic heterocycles. The smallest absolute Gasteiger partial charge is 0.267 e. The minimum absolute atomic E-state index is 0.250. The van der Waals surface area contributed by atoms with Gasteiger partial charge in [0.25, 0.3) is 10.0 Å². The summed E-state index contributed by atoms with van der Waals surface area (Å²) < 4.78 is 53.3. The summed E-state index contributed by atoms with van der Waals surface area (Å²) in [6.07, 6.45) is 1.84. The van der Waals surface area contributed by atoms with Gasteiger partial charge in [0.05, 0.1) is 0 Å². The molecule has 20 heavy (non-hydrogen) atoms. The van der Waals surface area contributed by atoms with Gasteiger partial charge in [-0.05, 0) is 36.6 Å². The first-order valence-corrected chi connectivity index (χ1v) is 8.26. The minimum atomic E-state index is -4.31. The van der Waals surface area contributed by atoms with Gasteiger partial charge in [-0.3, -0.25) is 4.72 Å². The number of benzene rings is 2. The summed E-state index contributed by atoms with van der Waals surface area (Å²) in [4.78, 5) is -0.145. The van der Waals surface area contributed by atoms with Gasteiger partial charge in [0.1, 0.15) is 11.6 Å². The van der Waals surface area contributed by atoms with E-state index < -0.39 is 26.6 Å². The van der Waals surface area contributed by atoms with Crippen LogP contribution in [-0.4, -0.2) is 14.7 Å². The van der Waals surface area contributed by atoms with E-state index in [0.717, 1.165) is 23.1 Å². The first kappa shape index (κ1) is 14.8. The van der Waals surface area contributed by atoms with Crippen molar-refractivity contribution in [1.29, 1.82) is 0 Å². The molecular formula is C13H11F2NO2S2. The van der Waals surface area contributed by atoms with E-state index in [9.17, 15) is 17.2 Å². The largest absolute Gasteiger partial charge is 0.279 e. The number of thioether (sulfide) groups is 1. The zero-order valence-corrected chi connectivity index (χ0v) is 12.1. The molecule has 7 heteroatoms. The van der Waals surface area contributed by atoms with Gasteiger partial charge >= 0.3 is 0 Å². The molecule has 0 amide bonds. The number of rotatable bonds is 4. The summed E-state index contributed by atoms with van der Waals surface area (Å²) in [5.41, 5.74) is 0.250. The third-order valence-corrected chi connectivity index (χ3v) is 4.67. The van der Waals surface area contributed by atoms with Gasteiger partial charge < -0.3 is 0 Å². The Morgan fingerprint density at radius 2 is 1.65 bits per heavy atom. The zero-order valence-electron chi connectivity index (χ0n) is 10.4. The second-order valence-electron chi connectivity index (χ2n) is 3.89. The molecule has 2 aromatic rings. The molecule has 2 rings (SSSR count). The second-order valence-corrected chi connectivity index (χ2v) is 6.39. The van der Waals surface area contributed by atoms with Gasteiger partial charge in [0.2, 0.25) is 0 Å². The number of sulfonamides is 1. The molecule has 0 spiro atoms. The molecule has 0 atom stereocenters. The normalized spacial score (nSPS) is 11.3. The predicted octanol–water partition coefficient (Wildman–Crippen LogP) is 3.49. The lowest BCUT2D eigenvalue weighted by Gasteiger charge is -2.10. The van der Waals surface area contributed by atoms with Crippen molar-refractivity contribution in [3.63, 3.8) is 0 Å². The van der Waals surface area contributed by atoms with Crippen LogP contribution in [0.5, 0.6) is 0 Å². The second kappa shape index (κ2) is 5.80. The van der Waals surface area contributed by atoms with Crippen molar-refractivity contribution < 1.29 is 17.2 Å². The summed E-state index contributed by atoms with van der Waals surface area (Å²) >= 11 is 1.43. The Labute approximate surface area is 120 Å². The summed E-state index contributed by atoms with van der Waals surface area (Å²) in [6.45, 7) is 0. The minimum Gasteiger partial charge on any atom is -0.279 e. The molecule has 1 N–H and O–H groups in total. The fourth-order valence-electron chi connectivity index (χ4n) is 1.63. The van der Waals surface area contributed by atoms with E-state index in [1.165, 1.54) is 17.8 Å². The molecule has 3 nitrogen and oxygen atoms in total. The van der Waals surface area contributed by atoms with Gasteiger partial charge in [-0.25, -0.2) is 17.2 Å². The molecule has 106 valence electrons. The van der Waals surface area contributed by atoms with Crippen molar-refractivity contribution >= 4 is 27.5 Å². The van der Waals surface area contributed by atoms with Crippen molar-refractivity contribution in [3.05, 3.63) is 54.1 Å². The van der Waals surface area contributed by atoms with Crippen molar-refractivity contribution in [3.8, 4) is 0 Å². The maximum atomic E-state index is 13.5. The third-order valence-electron chi connectivity index (χ3n) is 2.51. The molecule has 0 unspecified atom stereocenters. The Balaban J connectivity index is 2.41. The van der Waals surface area contributed by atoms with Crippen LogP contribution in [0.1, 0.15) is 0 Å². The maximum Gasteiger partial charge on any atom is 0.267 e. The van der Waals surface area contributed by atoms with E-state index in [4.69, 9.17) is 0 Å². The van der Waals surface area contributed by atoms with Gasteiger partial charge in [0, 0.05) is 10.6 Å². The molecule has 0 bridgehead atoms. The molecule has 0 saturated heterocycles. The Hall–Kier alpha value is -1.60. The SMILES string of the molecule is CSc1cccc(NS(=O)(=O)c2c(F)cccc2F)c1. The molecule has 2 aromatic carbocycles. The lowest BCUT2D eigenvalue weighted by molar-refractivity contribution is 0.521. The van der Waals surface area contributed by atoms with Gasteiger partial charge in [0.15, 0.2) is 4.90 Å². The topological polar surface area (TPSA) is 46.2 Å². The average molecular weight is 315 g/mol. The van der Waals surface area contributed by atoms with Crippen LogP contribution in [0.25, 0.3) is 0 Å². The number of halogens is 2. The fraction of sp³-hybridized carbons (Fsp3) is 0.0769.